The zero-order valence-electron chi connectivity index (χ0n) is 26.2. The largest absolute Gasteiger partial charge is 0.471 e. The van der Waals surface area contributed by atoms with Crippen LogP contribution in [-0.4, -0.2) is 36.1 Å². The minimum atomic E-state index is 0.0675. The summed E-state index contributed by atoms with van der Waals surface area (Å²) in [5, 5.41) is 7.68. The summed E-state index contributed by atoms with van der Waals surface area (Å²) in [5.41, 5.74) is 0.271. The van der Waals surface area contributed by atoms with Gasteiger partial charge in [0.25, 0.3) is 10.3 Å². The Morgan fingerprint density at radius 3 is 1.77 bits per heavy atom. The molecule has 39 heavy (non-hydrogen) atoms. The van der Waals surface area contributed by atoms with Crippen molar-refractivity contribution in [3.63, 3.8) is 0 Å². The second kappa shape index (κ2) is 22.0. The molecule has 2 atom stereocenters. The first-order valence-corrected chi connectivity index (χ1v) is 17.0. The van der Waals surface area contributed by atoms with Gasteiger partial charge in [-0.2, -0.15) is 4.89 Å². The second-order valence-electron chi connectivity index (χ2n) is 13.0. The third-order valence-corrected chi connectivity index (χ3v) is 8.32. The highest BCUT2D eigenvalue weighted by molar-refractivity contribution is 7.80. The lowest BCUT2D eigenvalue weighted by molar-refractivity contribution is -0.223. The van der Waals surface area contributed by atoms with Crippen molar-refractivity contribution in [1.82, 2.24) is 10.6 Å². The van der Waals surface area contributed by atoms with Crippen molar-refractivity contribution in [1.29, 1.82) is 0 Å². The van der Waals surface area contributed by atoms with Gasteiger partial charge in [0.2, 0.25) is 0 Å². The van der Waals surface area contributed by atoms with Crippen LogP contribution in [0.2, 0.25) is 0 Å². The minimum absolute atomic E-state index is 0.0675. The van der Waals surface area contributed by atoms with E-state index in [9.17, 15) is 0 Å². The zero-order valence-corrected chi connectivity index (χ0v) is 27.8. The van der Waals surface area contributed by atoms with Crippen molar-refractivity contribution in [3.05, 3.63) is 0 Å². The maximum Gasteiger partial charge on any atom is 0.296 e. The highest BCUT2D eigenvalue weighted by atomic mass is 32.1. The Morgan fingerprint density at radius 1 is 0.692 bits per heavy atom. The summed E-state index contributed by atoms with van der Waals surface area (Å²) in [6.45, 7) is 13.6. The monoisotopic (exact) mass is 586 g/mol. The lowest BCUT2D eigenvalue weighted by atomic mass is 9.62. The van der Waals surface area contributed by atoms with Gasteiger partial charge in [-0.3, -0.25) is 0 Å². The molecule has 2 N–H and O–H groups in total. The van der Waals surface area contributed by atoms with Crippen LogP contribution in [-0.2, 0) is 14.5 Å². The fourth-order valence-electron chi connectivity index (χ4n) is 6.18. The van der Waals surface area contributed by atoms with Gasteiger partial charge in [-0.15, -0.1) is 0 Å². The number of rotatable bonds is 22. The number of unbranched alkanes of at least 4 members (excludes halogenated alkanes) is 14. The van der Waals surface area contributed by atoms with Gasteiger partial charge in [-0.25, -0.2) is 0 Å². The van der Waals surface area contributed by atoms with Gasteiger partial charge in [0.15, 0.2) is 0 Å². The fraction of sp³-hybridized carbons (Fsp3) is 0.938. The number of nitrogens with one attached hydrogen (secondary N) is 2. The molecule has 5 nitrogen and oxygen atoms in total. The van der Waals surface area contributed by atoms with E-state index >= 15 is 0 Å². The topological polar surface area (TPSA) is 51.8 Å². The van der Waals surface area contributed by atoms with Gasteiger partial charge in [-0.1, -0.05) is 125 Å². The lowest BCUT2D eigenvalue weighted by Gasteiger charge is -2.47. The van der Waals surface area contributed by atoms with Crippen molar-refractivity contribution in [2.75, 3.05) is 19.8 Å². The van der Waals surface area contributed by atoms with E-state index in [-0.39, 0.29) is 10.8 Å². The quantitative estimate of drug-likeness (QED) is 0.0567. The Labute approximate surface area is 252 Å². The Bertz CT molecular complexity index is 647. The van der Waals surface area contributed by atoms with Crippen LogP contribution in [0.4, 0.5) is 0 Å². The molecule has 1 rings (SSSR count). The van der Waals surface area contributed by atoms with Crippen molar-refractivity contribution < 1.29 is 14.5 Å². The van der Waals surface area contributed by atoms with Crippen LogP contribution in [0.3, 0.4) is 0 Å². The van der Waals surface area contributed by atoms with E-state index in [1.807, 2.05) is 0 Å². The van der Waals surface area contributed by atoms with Crippen molar-refractivity contribution in [2.45, 2.75) is 163 Å². The van der Waals surface area contributed by atoms with Crippen molar-refractivity contribution in [3.8, 4) is 0 Å². The summed E-state index contributed by atoms with van der Waals surface area (Å²) >= 11 is 10.9. The average molecular weight is 587 g/mol. The molecule has 0 aromatic rings. The fourth-order valence-corrected chi connectivity index (χ4v) is 6.55. The Balaban J connectivity index is 2.22. The summed E-state index contributed by atoms with van der Waals surface area (Å²) in [7, 11) is 0. The summed E-state index contributed by atoms with van der Waals surface area (Å²) in [4.78, 5) is 10.7. The third-order valence-electron chi connectivity index (χ3n) is 7.87. The van der Waals surface area contributed by atoms with Gasteiger partial charge in [-0.05, 0) is 67.4 Å². The molecule has 230 valence electrons. The highest BCUT2D eigenvalue weighted by Crippen LogP contribution is 2.45. The normalized spacial score (nSPS) is 20.4. The average Bonchev–Trinajstić information content (AvgIpc) is 2.86. The molecule has 7 heteroatoms. The number of thiocarbonyl (C=S) groups is 2. The number of hydrogen-bond donors (Lipinski definition) is 2. The summed E-state index contributed by atoms with van der Waals surface area (Å²) in [6.07, 6.45) is 23.7. The molecule has 0 amide bonds. The molecular formula is C32H62N2O3S2. The Kier molecular flexibility index (Phi) is 20.5. The van der Waals surface area contributed by atoms with Gasteiger partial charge < -0.3 is 20.3 Å². The van der Waals surface area contributed by atoms with Crippen LogP contribution < -0.4 is 10.6 Å². The zero-order chi connectivity index (χ0) is 28.8. The van der Waals surface area contributed by atoms with Crippen LogP contribution in [0.1, 0.15) is 157 Å². The van der Waals surface area contributed by atoms with Gasteiger partial charge in [0.1, 0.15) is 0 Å². The predicted octanol–water partition coefficient (Wildman–Crippen LogP) is 9.57. The Hall–Kier alpha value is -0.660. The van der Waals surface area contributed by atoms with Crippen LogP contribution in [0.25, 0.3) is 0 Å². The molecule has 0 bridgehead atoms. The second-order valence-corrected chi connectivity index (χ2v) is 13.8. The summed E-state index contributed by atoms with van der Waals surface area (Å²) in [5.74, 6) is 0. The molecule has 1 aliphatic carbocycles. The van der Waals surface area contributed by atoms with E-state index < -0.39 is 0 Å². The van der Waals surface area contributed by atoms with Gasteiger partial charge in [0.05, 0.1) is 13.2 Å². The summed E-state index contributed by atoms with van der Waals surface area (Å²) in [6, 6.07) is 0.291. The first-order chi connectivity index (χ1) is 18.7. The van der Waals surface area contributed by atoms with Crippen LogP contribution in [0, 0.1) is 10.8 Å². The van der Waals surface area contributed by atoms with Crippen molar-refractivity contribution >= 4 is 34.8 Å². The predicted molar refractivity (Wildman–Crippen MR) is 174 cm³/mol. The van der Waals surface area contributed by atoms with Gasteiger partial charge >= 0.3 is 0 Å². The van der Waals surface area contributed by atoms with E-state index in [1.165, 1.54) is 89.9 Å². The third kappa shape index (κ3) is 20.0. The standard InChI is InChI=1S/C32H62N2O3S2/c1-6-8-10-12-14-16-18-20-22-35-30(39)34-28-24-31(3,4)26-32(5,25-28)27-33-29(38)37-36-23-21-19-17-15-13-11-9-7-2/h28H,6-27H2,1-5H3,(H,33,38)(H,34,39). The lowest BCUT2D eigenvalue weighted by Crippen LogP contribution is -2.50. The molecule has 0 heterocycles. The van der Waals surface area contributed by atoms with Crippen LogP contribution in [0.5, 0.6) is 0 Å². The molecule has 0 aromatic heterocycles. The first kappa shape index (κ1) is 36.4. The molecule has 0 radical (unpaired) electrons. The SMILES string of the molecule is CCCCCCCCCCOOC(=S)NCC1(C)CC(NC(=S)OCCCCCCCCCC)CC(C)(C)C1. The molecule has 1 fully saturated rings. The van der Waals surface area contributed by atoms with E-state index in [0.29, 0.717) is 29.6 Å². The smallest absolute Gasteiger partial charge is 0.296 e. The van der Waals surface area contributed by atoms with E-state index in [0.717, 1.165) is 38.6 Å². The maximum absolute atomic E-state index is 5.87. The van der Waals surface area contributed by atoms with E-state index in [1.54, 1.807) is 0 Å². The summed E-state index contributed by atoms with van der Waals surface area (Å²) < 4.78 is 5.87. The molecule has 1 aliphatic rings. The molecular weight excluding hydrogens is 524 g/mol. The van der Waals surface area contributed by atoms with Crippen molar-refractivity contribution in [2.24, 2.45) is 10.8 Å². The minimum Gasteiger partial charge on any atom is -0.471 e. The first-order valence-electron chi connectivity index (χ1n) is 16.2. The van der Waals surface area contributed by atoms with E-state index in [2.05, 4.69) is 45.3 Å². The molecule has 2 unspecified atom stereocenters. The molecule has 1 saturated carbocycles. The molecule has 0 saturated heterocycles. The highest BCUT2D eigenvalue weighted by Gasteiger charge is 2.41. The van der Waals surface area contributed by atoms with Crippen LogP contribution in [0.15, 0.2) is 0 Å². The Morgan fingerprint density at radius 2 is 1.21 bits per heavy atom. The molecule has 0 aliphatic heterocycles. The van der Waals surface area contributed by atoms with Gasteiger partial charge in [0, 0.05) is 12.6 Å². The molecule has 0 aromatic carbocycles. The maximum atomic E-state index is 5.87. The number of ether oxygens (including phenoxy) is 1. The van der Waals surface area contributed by atoms with Crippen LogP contribution >= 0.6 is 24.4 Å². The number of hydrogen-bond acceptors (Lipinski definition) is 5. The van der Waals surface area contributed by atoms with E-state index in [4.69, 9.17) is 38.9 Å². The molecule has 0 spiro atoms.